The first-order valence-corrected chi connectivity index (χ1v) is 9.79. The zero-order valence-electron chi connectivity index (χ0n) is 12.0. The normalized spacial score (nSPS) is 12.2. The number of aryl methyl sites for hydroxylation is 1. The van der Waals surface area contributed by atoms with Crippen molar-refractivity contribution in [1.29, 1.82) is 0 Å². The topological polar surface area (TPSA) is 49.4 Å². The van der Waals surface area contributed by atoms with Crippen LogP contribution in [0.4, 0.5) is 0 Å². The van der Waals surface area contributed by atoms with E-state index in [4.69, 9.17) is 11.6 Å². The zero-order valence-corrected chi connectivity index (χ0v) is 15.2. The van der Waals surface area contributed by atoms with Crippen LogP contribution in [0, 0.1) is 6.92 Å². The van der Waals surface area contributed by atoms with Crippen LogP contribution >= 0.6 is 34.3 Å². The van der Waals surface area contributed by atoms with E-state index in [0.717, 1.165) is 15.3 Å². The van der Waals surface area contributed by atoms with Gasteiger partial charge in [-0.1, -0.05) is 11.6 Å². The molecule has 0 amide bonds. The zero-order chi connectivity index (χ0) is 15.6. The minimum absolute atomic E-state index is 0.327. The van der Waals surface area contributed by atoms with Crippen molar-refractivity contribution in [3.63, 3.8) is 0 Å². The van der Waals surface area contributed by atoms with Gasteiger partial charge in [0.15, 0.2) is 0 Å². The van der Waals surface area contributed by atoms with Crippen LogP contribution in [0.1, 0.15) is 15.3 Å². The van der Waals surface area contributed by atoms with Crippen LogP contribution in [0.2, 0.25) is 4.34 Å². The molecule has 0 spiro atoms. The average molecular weight is 365 g/mol. The molecule has 8 heteroatoms. The molecule has 0 aliphatic rings. The number of nitrogens with one attached hydrogen (secondary N) is 1. The Labute approximate surface area is 138 Å². The standard InChI is InChI=1S/C13H17ClN2O2S3/c1-9-8-19-11(6-15-2)13(9)21(17,18)16(3)7-10-4-5-12(14)20-10/h4-5,8,15H,6-7H2,1-3H3. The first-order chi connectivity index (χ1) is 9.86. The fourth-order valence-electron chi connectivity index (χ4n) is 2.01. The van der Waals surface area contributed by atoms with Gasteiger partial charge in [-0.15, -0.1) is 22.7 Å². The van der Waals surface area contributed by atoms with Gasteiger partial charge in [-0.05, 0) is 37.0 Å². The van der Waals surface area contributed by atoms with Gasteiger partial charge in [0.25, 0.3) is 0 Å². The molecule has 0 unspecified atom stereocenters. The van der Waals surface area contributed by atoms with Crippen molar-refractivity contribution in [3.8, 4) is 0 Å². The van der Waals surface area contributed by atoms with Crippen molar-refractivity contribution in [3.05, 3.63) is 37.2 Å². The number of thiophene rings is 2. The molecule has 0 saturated heterocycles. The Morgan fingerprint density at radius 1 is 1.38 bits per heavy atom. The third-order valence-electron chi connectivity index (χ3n) is 3.00. The Morgan fingerprint density at radius 3 is 2.67 bits per heavy atom. The molecule has 1 N–H and O–H groups in total. The summed E-state index contributed by atoms with van der Waals surface area (Å²) in [5.41, 5.74) is 0.793. The summed E-state index contributed by atoms with van der Waals surface area (Å²) in [6.07, 6.45) is 0. The van der Waals surface area contributed by atoms with Crippen LogP contribution in [0.25, 0.3) is 0 Å². The van der Waals surface area contributed by atoms with E-state index in [-0.39, 0.29) is 0 Å². The van der Waals surface area contributed by atoms with Gasteiger partial charge in [-0.25, -0.2) is 8.42 Å². The molecular weight excluding hydrogens is 348 g/mol. The highest BCUT2D eigenvalue weighted by Crippen LogP contribution is 2.30. The van der Waals surface area contributed by atoms with E-state index in [0.29, 0.717) is 22.3 Å². The molecule has 0 fully saturated rings. The fourth-order valence-corrected chi connectivity index (χ4v) is 6.15. The molecular formula is C13H17ClN2O2S3. The quantitative estimate of drug-likeness (QED) is 0.855. The van der Waals surface area contributed by atoms with Crippen molar-refractivity contribution >= 4 is 44.3 Å². The van der Waals surface area contributed by atoms with Crippen LogP contribution in [0.3, 0.4) is 0 Å². The maximum Gasteiger partial charge on any atom is 0.244 e. The third kappa shape index (κ3) is 3.67. The highest BCUT2D eigenvalue weighted by molar-refractivity contribution is 7.89. The molecule has 0 radical (unpaired) electrons. The summed E-state index contributed by atoms with van der Waals surface area (Å²) in [5, 5.41) is 4.90. The lowest BCUT2D eigenvalue weighted by Crippen LogP contribution is -2.27. The van der Waals surface area contributed by atoms with Gasteiger partial charge in [-0.2, -0.15) is 4.31 Å². The summed E-state index contributed by atoms with van der Waals surface area (Å²) in [5.74, 6) is 0. The molecule has 21 heavy (non-hydrogen) atoms. The highest BCUT2D eigenvalue weighted by atomic mass is 35.5. The van der Waals surface area contributed by atoms with Gasteiger partial charge in [0.1, 0.15) is 4.90 Å². The van der Waals surface area contributed by atoms with Gasteiger partial charge in [0.2, 0.25) is 10.0 Å². The van der Waals surface area contributed by atoms with E-state index in [9.17, 15) is 8.42 Å². The van der Waals surface area contributed by atoms with Gasteiger partial charge in [0, 0.05) is 29.9 Å². The van der Waals surface area contributed by atoms with Crippen LogP contribution in [0.15, 0.2) is 22.4 Å². The lowest BCUT2D eigenvalue weighted by Gasteiger charge is -2.17. The fraction of sp³-hybridized carbons (Fsp3) is 0.385. The molecule has 0 bridgehead atoms. The molecule has 2 rings (SSSR count). The number of hydrogen-bond acceptors (Lipinski definition) is 5. The van der Waals surface area contributed by atoms with E-state index in [1.54, 1.807) is 13.1 Å². The van der Waals surface area contributed by atoms with Crippen LogP contribution in [-0.2, 0) is 23.1 Å². The second-order valence-corrected chi connectivity index (χ2v) is 9.41. The van der Waals surface area contributed by atoms with Crippen molar-refractivity contribution in [2.24, 2.45) is 0 Å². The molecule has 0 aromatic carbocycles. The summed E-state index contributed by atoms with van der Waals surface area (Å²) >= 11 is 8.76. The smallest absolute Gasteiger partial charge is 0.244 e. The molecule has 0 aliphatic carbocycles. The Hall–Kier alpha value is -0.440. The van der Waals surface area contributed by atoms with Gasteiger partial charge < -0.3 is 5.32 Å². The Balaban J connectivity index is 2.30. The lowest BCUT2D eigenvalue weighted by molar-refractivity contribution is 0.468. The maximum atomic E-state index is 12.8. The number of hydrogen-bond donors (Lipinski definition) is 1. The Morgan fingerprint density at radius 2 is 2.10 bits per heavy atom. The molecule has 2 aromatic heterocycles. The minimum atomic E-state index is -3.50. The predicted octanol–water partition coefficient (Wildman–Crippen LogP) is 3.31. The summed E-state index contributed by atoms with van der Waals surface area (Å²) in [4.78, 5) is 2.19. The number of rotatable bonds is 6. The summed E-state index contributed by atoms with van der Waals surface area (Å²) < 4.78 is 27.6. The predicted molar refractivity (Wildman–Crippen MR) is 89.8 cm³/mol. The van der Waals surface area contributed by atoms with E-state index in [1.165, 1.54) is 27.0 Å². The largest absolute Gasteiger partial charge is 0.315 e. The monoisotopic (exact) mass is 364 g/mol. The van der Waals surface area contributed by atoms with Gasteiger partial charge in [-0.3, -0.25) is 0 Å². The second kappa shape index (κ2) is 6.76. The number of nitrogens with zero attached hydrogens (tertiary/aromatic N) is 1. The van der Waals surface area contributed by atoms with Crippen molar-refractivity contribution in [1.82, 2.24) is 9.62 Å². The lowest BCUT2D eigenvalue weighted by atomic mass is 10.3. The first kappa shape index (κ1) is 16.9. The average Bonchev–Trinajstić information content (AvgIpc) is 2.97. The molecule has 2 heterocycles. The van der Waals surface area contributed by atoms with Gasteiger partial charge >= 0.3 is 0 Å². The van der Waals surface area contributed by atoms with Gasteiger partial charge in [0.05, 0.1) is 4.34 Å². The van der Waals surface area contributed by atoms with Crippen molar-refractivity contribution in [2.75, 3.05) is 14.1 Å². The molecule has 116 valence electrons. The van der Waals surface area contributed by atoms with E-state index < -0.39 is 10.0 Å². The van der Waals surface area contributed by atoms with Crippen molar-refractivity contribution < 1.29 is 8.42 Å². The first-order valence-electron chi connectivity index (χ1n) is 6.28. The molecule has 0 saturated carbocycles. The number of sulfonamides is 1. The molecule has 0 aliphatic heterocycles. The van der Waals surface area contributed by atoms with Crippen LogP contribution in [0.5, 0.6) is 0 Å². The van der Waals surface area contributed by atoms with Crippen LogP contribution in [-0.4, -0.2) is 26.8 Å². The van der Waals surface area contributed by atoms with E-state index in [2.05, 4.69) is 5.32 Å². The Kier molecular flexibility index (Phi) is 5.45. The SMILES string of the molecule is CNCc1scc(C)c1S(=O)(=O)N(C)Cc1ccc(Cl)s1. The molecule has 4 nitrogen and oxygen atoms in total. The third-order valence-corrected chi connectivity index (χ3v) is 7.49. The minimum Gasteiger partial charge on any atom is -0.315 e. The second-order valence-electron chi connectivity index (χ2n) is 4.67. The van der Waals surface area contributed by atoms with E-state index in [1.807, 2.05) is 25.4 Å². The summed E-state index contributed by atoms with van der Waals surface area (Å²) in [7, 11) is -0.0920. The highest BCUT2D eigenvalue weighted by Gasteiger charge is 2.27. The number of halogens is 1. The summed E-state index contributed by atoms with van der Waals surface area (Å²) in [6, 6.07) is 3.64. The maximum absolute atomic E-state index is 12.8. The molecule has 2 aromatic rings. The summed E-state index contributed by atoms with van der Waals surface area (Å²) in [6.45, 7) is 2.71. The Bertz CT molecular complexity index is 722. The molecule has 0 atom stereocenters. The van der Waals surface area contributed by atoms with Crippen LogP contribution < -0.4 is 5.32 Å². The van der Waals surface area contributed by atoms with E-state index >= 15 is 0 Å². The van der Waals surface area contributed by atoms with Crippen molar-refractivity contribution in [2.45, 2.75) is 24.9 Å².